The molecule has 38 heavy (non-hydrogen) atoms. The van der Waals surface area contributed by atoms with E-state index in [0.29, 0.717) is 6.42 Å². The zero-order chi connectivity index (χ0) is 27.3. The number of hydrogen-bond donors (Lipinski definition) is 0. The fourth-order valence-electron chi connectivity index (χ4n) is 4.01. The normalized spacial score (nSPS) is 14.4. The van der Waals surface area contributed by atoms with Crippen molar-refractivity contribution in [3.05, 3.63) is 76.0 Å². The summed E-state index contributed by atoms with van der Waals surface area (Å²) >= 11 is 3.58. The van der Waals surface area contributed by atoms with E-state index in [1.807, 2.05) is 43.3 Å². The number of benzene rings is 1. The highest BCUT2D eigenvalue weighted by Crippen LogP contribution is 2.34. The van der Waals surface area contributed by atoms with Gasteiger partial charge in [0.25, 0.3) is 0 Å². The largest absolute Gasteiger partial charge is 0.508 e. The van der Waals surface area contributed by atoms with Crippen molar-refractivity contribution in [3.63, 3.8) is 0 Å². The summed E-state index contributed by atoms with van der Waals surface area (Å²) in [6, 6.07) is 11.3. The number of carbonyl (C=O) groups excluding carboxylic acids is 2. The van der Waals surface area contributed by atoms with Gasteiger partial charge in [-0.05, 0) is 58.0 Å². The Morgan fingerprint density at radius 3 is 2.63 bits per heavy atom. The smallest absolute Gasteiger partial charge is 0.435 e. The van der Waals surface area contributed by atoms with Crippen LogP contribution in [0.25, 0.3) is 5.69 Å². The quantitative estimate of drug-likeness (QED) is 0.308. The highest BCUT2D eigenvalue weighted by molar-refractivity contribution is 9.10. The first-order valence-corrected chi connectivity index (χ1v) is 13.0. The minimum absolute atomic E-state index is 0.0310. The molecule has 0 fully saturated rings. The molecule has 3 aromatic rings. The van der Waals surface area contributed by atoms with Gasteiger partial charge in [-0.25, -0.2) is 14.6 Å². The van der Waals surface area contributed by atoms with Gasteiger partial charge in [-0.3, -0.25) is 14.5 Å². The summed E-state index contributed by atoms with van der Waals surface area (Å²) in [5, 5.41) is 0. The molecule has 1 aliphatic rings. The van der Waals surface area contributed by atoms with Crippen LogP contribution in [0.4, 0.5) is 9.59 Å². The third-order valence-electron chi connectivity index (χ3n) is 5.68. The van der Waals surface area contributed by atoms with Gasteiger partial charge in [-0.1, -0.05) is 22.0 Å². The van der Waals surface area contributed by atoms with Crippen LogP contribution in [0.2, 0.25) is 0 Å². The predicted octanol–water partition coefficient (Wildman–Crippen LogP) is 5.73. The van der Waals surface area contributed by atoms with E-state index in [0.717, 1.165) is 38.6 Å². The van der Waals surface area contributed by atoms with E-state index >= 15 is 0 Å². The summed E-state index contributed by atoms with van der Waals surface area (Å²) in [5.41, 5.74) is 3.15. The van der Waals surface area contributed by atoms with Crippen LogP contribution in [-0.2, 0) is 18.9 Å². The van der Waals surface area contributed by atoms with Crippen LogP contribution in [0.5, 0.6) is 0 Å². The van der Waals surface area contributed by atoms with Crippen molar-refractivity contribution >= 4 is 34.0 Å². The van der Waals surface area contributed by atoms with E-state index in [1.54, 1.807) is 33.2 Å². The fraction of sp³-hybridized carbons (Fsp3) is 0.370. The topological polar surface area (TPSA) is 114 Å². The van der Waals surface area contributed by atoms with Crippen molar-refractivity contribution < 1.29 is 28.5 Å². The summed E-state index contributed by atoms with van der Waals surface area (Å²) in [4.78, 5) is 38.1. The molecule has 10 nitrogen and oxygen atoms in total. The molecule has 0 saturated carbocycles. The molecule has 2 aromatic heterocycles. The minimum Gasteiger partial charge on any atom is -0.435 e. The van der Waals surface area contributed by atoms with E-state index < -0.39 is 24.0 Å². The number of aromatic nitrogens is 3. The Morgan fingerprint density at radius 1 is 1.08 bits per heavy atom. The molecule has 0 bridgehead atoms. The lowest BCUT2D eigenvalue weighted by Crippen LogP contribution is -2.35. The molecule has 0 amide bonds. The third-order valence-corrected chi connectivity index (χ3v) is 6.17. The summed E-state index contributed by atoms with van der Waals surface area (Å²) in [6.07, 6.45) is 2.18. The number of pyridine rings is 1. The standard InChI is InChI=1S/C27H29BrN4O6/c1-5-35-25(33)37-16-27(3,4)38-26(34)36-13-11-21-24-30-15-17(2)32(24)22-10-9-18(28)14-19(22)23(31-21)20-8-6-7-12-29-20/h6-10,12,14-15,21H,5,11,13,16H2,1-4H3/t21-/m0/s1. The minimum atomic E-state index is -1.10. The van der Waals surface area contributed by atoms with Crippen LogP contribution in [0.1, 0.15) is 56.0 Å². The monoisotopic (exact) mass is 584 g/mol. The summed E-state index contributed by atoms with van der Waals surface area (Å²) in [6.45, 7) is 6.92. The van der Waals surface area contributed by atoms with Gasteiger partial charge in [-0.15, -0.1) is 0 Å². The van der Waals surface area contributed by atoms with Gasteiger partial charge in [0.2, 0.25) is 0 Å². The number of hydrogen-bond acceptors (Lipinski definition) is 9. The number of aliphatic imine (C=N–C) groups is 1. The average molecular weight is 585 g/mol. The number of ether oxygens (including phenoxy) is 4. The van der Waals surface area contributed by atoms with Crippen LogP contribution >= 0.6 is 15.9 Å². The molecular weight excluding hydrogens is 556 g/mol. The number of rotatable bonds is 8. The second kappa shape index (κ2) is 11.8. The second-order valence-corrected chi connectivity index (χ2v) is 10.1. The maximum atomic E-state index is 12.4. The van der Waals surface area contributed by atoms with E-state index in [4.69, 9.17) is 23.9 Å². The number of halogens is 1. The van der Waals surface area contributed by atoms with Crippen LogP contribution < -0.4 is 0 Å². The molecule has 1 atom stereocenters. The Labute approximate surface area is 229 Å². The summed E-state index contributed by atoms with van der Waals surface area (Å²) in [5.74, 6) is 0.733. The molecule has 0 N–H and O–H groups in total. The fourth-order valence-corrected chi connectivity index (χ4v) is 4.37. The number of carbonyl (C=O) groups is 2. The van der Waals surface area contributed by atoms with Crippen LogP contribution in [0.3, 0.4) is 0 Å². The van der Waals surface area contributed by atoms with Gasteiger partial charge in [0.05, 0.1) is 30.3 Å². The number of fused-ring (bicyclic) bond motifs is 3. The van der Waals surface area contributed by atoms with Crippen molar-refractivity contribution in [3.8, 4) is 5.69 Å². The Balaban J connectivity index is 1.53. The molecule has 1 aromatic carbocycles. The van der Waals surface area contributed by atoms with Gasteiger partial charge >= 0.3 is 12.3 Å². The van der Waals surface area contributed by atoms with Crippen molar-refractivity contribution in [2.24, 2.45) is 4.99 Å². The zero-order valence-corrected chi connectivity index (χ0v) is 23.2. The molecule has 1 aliphatic heterocycles. The van der Waals surface area contributed by atoms with Crippen LogP contribution in [0.15, 0.2) is 58.3 Å². The van der Waals surface area contributed by atoms with Gasteiger partial charge < -0.3 is 18.9 Å². The zero-order valence-electron chi connectivity index (χ0n) is 21.6. The maximum Gasteiger partial charge on any atom is 0.508 e. The third kappa shape index (κ3) is 6.39. The molecule has 0 spiro atoms. The molecule has 11 heteroatoms. The SMILES string of the molecule is CCOC(=O)OCC(C)(C)OC(=O)OCC[C@@H]1N=C(c2ccccn2)c2cc(Br)ccc2-n2c(C)cnc21. The molecular formula is C27H29BrN4O6. The van der Waals surface area contributed by atoms with Gasteiger partial charge in [0, 0.05) is 34.5 Å². The molecule has 4 rings (SSSR count). The highest BCUT2D eigenvalue weighted by Gasteiger charge is 2.29. The van der Waals surface area contributed by atoms with Crippen molar-refractivity contribution in [1.82, 2.24) is 14.5 Å². The number of imidazole rings is 1. The van der Waals surface area contributed by atoms with Crippen LogP contribution in [-0.4, -0.2) is 58.0 Å². The van der Waals surface area contributed by atoms with Crippen LogP contribution in [0, 0.1) is 6.92 Å². The van der Waals surface area contributed by atoms with Crippen molar-refractivity contribution in [1.29, 1.82) is 0 Å². The molecule has 0 aliphatic carbocycles. The molecule has 0 unspecified atom stereocenters. The number of nitrogens with zero attached hydrogens (tertiary/aromatic N) is 4. The Morgan fingerprint density at radius 2 is 1.89 bits per heavy atom. The van der Waals surface area contributed by atoms with E-state index in [1.165, 1.54) is 0 Å². The second-order valence-electron chi connectivity index (χ2n) is 9.18. The Hall–Kier alpha value is -3.73. The molecule has 0 radical (unpaired) electrons. The lowest BCUT2D eigenvalue weighted by atomic mass is 10.0. The van der Waals surface area contributed by atoms with E-state index in [-0.39, 0.29) is 19.8 Å². The first-order chi connectivity index (χ1) is 18.2. The van der Waals surface area contributed by atoms with Gasteiger partial charge in [0.1, 0.15) is 24.1 Å². The maximum absolute atomic E-state index is 12.4. The first kappa shape index (κ1) is 27.3. The molecule has 0 saturated heterocycles. The lowest BCUT2D eigenvalue weighted by molar-refractivity contribution is -0.0569. The predicted molar refractivity (Wildman–Crippen MR) is 143 cm³/mol. The number of aryl methyl sites for hydroxylation is 1. The van der Waals surface area contributed by atoms with Crippen molar-refractivity contribution in [2.75, 3.05) is 19.8 Å². The van der Waals surface area contributed by atoms with Gasteiger partial charge in [0.15, 0.2) is 0 Å². The summed E-state index contributed by atoms with van der Waals surface area (Å²) < 4.78 is 23.4. The molecule has 3 heterocycles. The Kier molecular flexibility index (Phi) is 8.45. The summed E-state index contributed by atoms with van der Waals surface area (Å²) in [7, 11) is 0. The van der Waals surface area contributed by atoms with Gasteiger partial charge in [-0.2, -0.15) is 0 Å². The molecule has 200 valence electrons. The van der Waals surface area contributed by atoms with Crippen molar-refractivity contribution in [2.45, 2.75) is 45.8 Å². The average Bonchev–Trinajstić information content (AvgIpc) is 3.20. The first-order valence-electron chi connectivity index (χ1n) is 12.2. The van der Waals surface area contributed by atoms with E-state index in [9.17, 15) is 9.59 Å². The lowest BCUT2D eigenvalue weighted by Gasteiger charge is -2.23. The highest BCUT2D eigenvalue weighted by atomic mass is 79.9. The van der Waals surface area contributed by atoms with E-state index in [2.05, 4.69) is 30.5 Å². The Bertz CT molecular complexity index is 1340.